The van der Waals surface area contributed by atoms with Gasteiger partial charge in [-0.1, -0.05) is 84.8 Å². The summed E-state index contributed by atoms with van der Waals surface area (Å²) in [6.07, 6.45) is 0. The zero-order chi connectivity index (χ0) is 15.7. The van der Waals surface area contributed by atoms with Crippen molar-refractivity contribution in [2.45, 2.75) is 0 Å². The van der Waals surface area contributed by atoms with Crippen LogP contribution >= 0.6 is 0 Å². The van der Waals surface area contributed by atoms with Crippen molar-refractivity contribution in [3.8, 4) is 17.2 Å². The van der Waals surface area contributed by atoms with Crippen molar-refractivity contribution in [1.29, 1.82) is 0 Å². The van der Waals surface area contributed by atoms with Crippen LogP contribution < -0.4 is 15.1 Å². The summed E-state index contributed by atoms with van der Waals surface area (Å²) >= 11 is 0. The van der Waals surface area contributed by atoms with Crippen LogP contribution in [0.1, 0.15) is 0 Å². The second-order valence-electron chi connectivity index (χ2n) is 5.18. The van der Waals surface area contributed by atoms with E-state index in [1.54, 1.807) is 0 Å². The lowest BCUT2D eigenvalue weighted by molar-refractivity contribution is 0.370. The summed E-state index contributed by atoms with van der Waals surface area (Å²) < 4.78 is 5.68. The number of para-hydroxylation sites is 1. The van der Waals surface area contributed by atoms with Gasteiger partial charge >= 0.3 is 0 Å². The second kappa shape index (κ2) is 8.02. The highest BCUT2D eigenvalue weighted by atomic mass is 28.3. The lowest BCUT2D eigenvalue weighted by Crippen LogP contribution is -2.41. The quantitative estimate of drug-likeness (QED) is 0.531. The Labute approximate surface area is 139 Å². The summed E-state index contributed by atoms with van der Waals surface area (Å²) in [4.78, 5) is 0. The minimum absolute atomic E-state index is 0.424. The molecule has 2 heteroatoms. The van der Waals surface area contributed by atoms with Crippen molar-refractivity contribution in [3.05, 3.63) is 91.0 Å². The first-order chi connectivity index (χ1) is 11.4. The van der Waals surface area contributed by atoms with Gasteiger partial charge in [0.25, 0.3) is 0 Å². The van der Waals surface area contributed by atoms with E-state index >= 15 is 0 Å². The van der Waals surface area contributed by atoms with Crippen LogP contribution in [0, 0.1) is 11.5 Å². The first kappa shape index (κ1) is 15.1. The molecule has 3 aromatic carbocycles. The van der Waals surface area contributed by atoms with Crippen LogP contribution in [0.2, 0.25) is 0 Å². The molecule has 0 radical (unpaired) electrons. The third kappa shape index (κ3) is 4.35. The molecule has 0 amide bonds. The molecule has 0 atom stereocenters. The summed E-state index contributed by atoms with van der Waals surface area (Å²) in [5.41, 5.74) is 3.49. The average Bonchev–Trinajstić information content (AvgIpc) is 2.64. The van der Waals surface area contributed by atoms with Crippen molar-refractivity contribution in [2.24, 2.45) is 0 Å². The van der Waals surface area contributed by atoms with E-state index in [9.17, 15) is 0 Å². The van der Waals surface area contributed by atoms with Gasteiger partial charge in [0.15, 0.2) is 8.80 Å². The van der Waals surface area contributed by atoms with Crippen LogP contribution in [0.15, 0.2) is 91.0 Å². The Morgan fingerprint density at radius 1 is 0.652 bits per heavy atom. The van der Waals surface area contributed by atoms with Crippen LogP contribution in [0.3, 0.4) is 0 Å². The third-order valence-corrected chi connectivity index (χ3v) is 6.16. The van der Waals surface area contributed by atoms with Gasteiger partial charge < -0.3 is 4.74 Å². The van der Waals surface area contributed by atoms with Gasteiger partial charge in [0.2, 0.25) is 0 Å². The van der Waals surface area contributed by atoms with Gasteiger partial charge in [0.05, 0.1) is 0 Å². The average molecular weight is 314 g/mol. The monoisotopic (exact) mass is 314 g/mol. The molecule has 0 aliphatic rings. The molecule has 1 nitrogen and oxygen atoms in total. The normalized spacial score (nSPS) is 9.96. The van der Waals surface area contributed by atoms with Crippen LogP contribution in [-0.4, -0.2) is 15.4 Å². The summed E-state index contributed by atoms with van der Waals surface area (Å²) in [6.45, 7) is 0.424. The molecule has 0 aromatic heterocycles. The minimum atomic E-state index is -1.52. The second-order valence-corrected chi connectivity index (χ2v) is 7.67. The molecule has 0 heterocycles. The molecule has 0 unspecified atom stereocenters. The molecule has 0 aliphatic heterocycles. The smallest absolute Gasteiger partial charge is 0.183 e. The van der Waals surface area contributed by atoms with Crippen molar-refractivity contribution >= 4 is 19.2 Å². The van der Waals surface area contributed by atoms with Gasteiger partial charge in [-0.3, -0.25) is 0 Å². The maximum Gasteiger partial charge on any atom is 0.183 e. The van der Waals surface area contributed by atoms with E-state index in [0.717, 1.165) is 5.75 Å². The molecule has 23 heavy (non-hydrogen) atoms. The van der Waals surface area contributed by atoms with Crippen LogP contribution in [0.4, 0.5) is 0 Å². The van der Waals surface area contributed by atoms with Gasteiger partial charge in [0.1, 0.15) is 12.4 Å². The number of ether oxygens (including phenoxy) is 1. The highest BCUT2D eigenvalue weighted by Gasteiger charge is 2.12. The molecule has 0 fully saturated rings. The van der Waals surface area contributed by atoms with Crippen molar-refractivity contribution in [2.75, 3.05) is 6.61 Å². The standard InChI is InChI=1S/C21H18OSi/c1-4-11-19(12-5-1)22-17-10-18-23(20-13-6-2-7-14-20)21-15-8-3-9-16-21/h1-9,11-16,23H,17H2. The van der Waals surface area contributed by atoms with E-state index in [4.69, 9.17) is 4.74 Å². The zero-order valence-corrected chi connectivity index (χ0v) is 14.0. The molecular weight excluding hydrogens is 296 g/mol. The molecule has 0 N–H and O–H groups in total. The molecular formula is C21H18OSi. The summed E-state index contributed by atoms with van der Waals surface area (Å²) in [7, 11) is -1.52. The molecule has 0 aliphatic carbocycles. The minimum Gasteiger partial charge on any atom is -0.481 e. The molecule has 112 valence electrons. The zero-order valence-electron chi connectivity index (χ0n) is 12.9. The summed E-state index contributed by atoms with van der Waals surface area (Å²) in [5, 5.41) is 2.68. The Morgan fingerprint density at radius 3 is 1.65 bits per heavy atom. The van der Waals surface area contributed by atoms with Crippen molar-refractivity contribution in [3.63, 3.8) is 0 Å². The lowest BCUT2D eigenvalue weighted by atomic mass is 10.3. The highest BCUT2D eigenvalue weighted by Crippen LogP contribution is 2.07. The first-order valence-electron chi connectivity index (χ1n) is 7.69. The number of benzene rings is 3. The summed E-state index contributed by atoms with van der Waals surface area (Å²) in [5.74, 6) is 4.08. The predicted octanol–water partition coefficient (Wildman–Crippen LogP) is 2.65. The fourth-order valence-corrected chi connectivity index (χ4v) is 4.65. The van der Waals surface area contributed by atoms with E-state index in [1.165, 1.54) is 10.4 Å². The van der Waals surface area contributed by atoms with E-state index in [-0.39, 0.29) is 0 Å². The van der Waals surface area contributed by atoms with E-state index in [2.05, 4.69) is 60.0 Å². The first-order valence-corrected chi connectivity index (χ1v) is 9.43. The van der Waals surface area contributed by atoms with Gasteiger partial charge in [-0.15, -0.1) is 5.54 Å². The van der Waals surface area contributed by atoms with E-state index < -0.39 is 8.80 Å². The van der Waals surface area contributed by atoms with Crippen LogP contribution in [0.5, 0.6) is 5.75 Å². The lowest BCUT2D eigenvalue weighted by Gasteiger charge is -2.09. The molecule has 0 bridgehead atoms. The molecule has 0 saturated heterocycles. The Bertz CT molecular complexity index is 734. The van der Waals surface area contributed by atoms with E-state index in [1.807, 2.05) is 42.5 Å². The fraction of sp³-hybridized carbons (Fsp3) is 0.0476. The summed E-state index contributed by atoms with van der Waals surface area (Å²) in [6, 6.07) is 30.9. The third-order valence-electron chi connectivity index (χ3n) is 3.57. The maximum absolute atomic E-state index is 5.68. The van der Waals surface area contributed by atoms with Gasteiger partial charge in [-0.2, -0.15) is 0 Å². The van der Waals surface area contributed by atoms with E-state index in [0.29, 0.717) is 6.61 Å². The van der Waals surface area contributed by atoms with Crippen molar-refractivity contribution < 1.29 is 4.74 Å². The molecule has 3 aromatic rings. The Kier molecular flexibility index (Phi) is 5.28. The maximum atomic E-state index is 5.68. The van der Waals surface area contributed by atoms with Crippen LogP contribution in [-0.2, 0) is 0 Å². The van der Waals surface area contributed by atoms with Gasteiger partial charge in [-0.25, -0.2) is 0 Å². The molecule has 0 saturated carbocycles. The van der Waals surface area contributed by atoms with Crippen molar-refractivity contribution in [1.82, 2.24) is 0 Å². The largest absolute Gasteiger partial charge is 0.481 e. The molecule has 3 rings (SSSR count). The Balaban J connectivity index is 1.76. The number of rotatable bonds is 4. The fourth-order valence-electron chi connectivity index (χ4n) is 2.43. The Hall–Kier alpha value is -2.76. The SMILES string of the molecule is C(#C[SiH](c1ccccc1)c1ccccc1)COc1ccccc1. The number of hydrogen-bond donors (Lipinski definition) is 0. The van der Waals surface area contributed by atoms with Crippen LogP contribution in [0.25, 0.3) is 0 Å². The number of hydrogen-bond acceptors (Lipinski definition) is 1. The Morgan fingerprint density at radius 2 is 1.13 bits per heavy atom. The topological polar surface area (TPSA) is 9.23 Å². The predicted molar refractivity (Wildman–Crippen MR) is 99.0 cm³/mol. The highest BCUT2D eigenvalue weighted by molar-refractivity contribution is 6.91. The molecule has 0 spiro atoms. The van der Waals surface area contributed by atoms with Gasteiger partial charge in [0, 0.05) is 0 Å². The van der Waals surface area contributed by atoms with Gasteiger partial charge in [-0.05, 0) is 22.5 Å².